The highest BCUT2D eigenvalue weighted by atomic mass is 16.5. The van der Waals surface area contributed by atoms with E-state index in [0.717, 1.165) is 45.1 Å². The van der Waals surface area contributed by atoms with Crippen molar-refractivity contribution in [3.05, 3.63) is 0 Å². The number of hydrogen-bond acceptors (Lipinski definition) is 3. The van der Waals surface area contributed by atoms with Crippen LogP contribution in [0.4, 0.5) is 0 Å². The predicted molar refractivity (Wildman–Crippen MR) is 60.4 cm³/mol. The van der Waals surface area contributed by atoms with E-state index in [0.29, 0.717) is 6.04 Å². The number of morpholine rings is 1. The van der Waals surface area contributed by atoms with Gasteiger partial charge in [-0.25, -0.2) is 0 Å². The van der Waals surface area contributed by atoms with Gasteiger partial charge in [0, 0.05) is 32.1 Å². The van der Waals surface area contributed by atoms with Gasteiger partial charge in [-0.3, -0.25) is 10.3 Å². The second-order valence-electron chi connectivity index (χ2n) is 4.48. The Bertz CT molecular complexity index is 214. The van der Waals surface area contributed by atoms with Crippen molar-refractivity contribution in [2.24, 2.45) is 0 Å². The third-order valence-electron chi connectivity index (χ3n) is 3.19. The van der Waals surface area contributed by atoms with Gasteiger partial charge >= 0.3 is 0 Å². The van der Waals surface area contributed by atoms with E-state index >= 15 is 0 Å². The molecule has 0 aliphatic carbocycles. The molecule has 0 amide bonds. The summed E-state index contributed by atoms with van der Waals surface area (Å²) in [6, 6.07) is 0.484. The first-order chi connectivity index (χ1) is 7.34. The SMILES string of the molecule is N=C1CCCCC(CN2CCOCC2)N1. The molecule has 86 valence electrons. The van der Waals surface area contributed by atoms with Crippen molar-refractivity contribution in [1.29, 1.82) is 5.41 Å². The summed E-state index contributed by atoms with van der Waals surface area (Å²) in [5.41, 5.74) is 0. The van der Waals surface area contributed by atoms with Gasteiger partial charge in [0.25, 0.3) is 0 Å². The van der Waals surface area contributed by atoms with E-state index in [4.69, 9.17) is 10.1 Å². The zero-order valence-corrected chi connectivity index (χ0v) is 9.30. The summed E-state index contributed by atoms with van der Waals surface area (Å²) < 4.78 is 5.33. The molecule has 0 aromatic heterocycles. The Kier molecular flexibility index (Phi) is 3.97. The molecule has 2 heterocycles. The van der Waals surface area contributed by atoms with Crippen molar-refractivity contribution < 1.29 is 4.74 Å². The van der Waals surface area contributed by atoms with Gasteiger partial charge in [-0.1, -0.05) is 6.42 Å². The Morgan fingerprint density at radius 2 is 2.13 bits per heavy atom. The van der Waals surface area contributed by atoms with Crippen LogP contribution in [0.15, 0.2) is 0 Å². The molecule has 2 aliphatic heterocycles. The summed E-state index contributed by atoms with van der Waals surface area (Å²) in [7, 11) is 0. The highest BCUT2D eigenvalue weighted by Crippen LogP contribution is 2.11. The largest absolute Gasteiger partial charge is 0.379 e. The Hall–Kier alpha value is -0.610. The fraction of sp³-hybridized carbons (Fsp3) is 0.909. The van der Waals surface area contributed by atoms with Crippen molar-refractivity contribution in [3.8, 4) is 0 Å². The van der Waals surface area contributed by atoms with E-state index in [-0.39, 0.29) is 0 Å². The number of nitrogens with zero attached hydrogens (tertiary/aromatic N) is 1. The van der Waals surface area contributed by atoms with Crippen LogP contribution in [0.3, 0.4) is 0 Å². The van der Waals surface area contributed by atoms with Crippen LogP contribution in [0.25, 0.3) is 0 Å². The Morgan fingerprint density at radius 1 is 1.33 bits per heavy atom. The van der Waals surface area contributed by atoms with Gasteiger partial charge in [0.15, 0.2) is 0 Å². The highest BCUT2D eigenvalue weighted by molar-refractivity contribution is 5.79. The second kappa shape index (κ2) is 5.47. The third kappa shape index (κ3) is 3.47. The summed E-state index contributed by atoms with van der Waals surface area (Å²) in [5, 5.41) is 11.0. The second-order valence-corrected chi connectivity index (χ2v) is 4.48. The molecular formula is C11H21N3O. The summed E-state index contributed by atoms with van der Waals surface area (Å²) in [6.45, 7) is 4.90. The van der Waals surface area contributed by atoms with Crippen LogP contribution in [0.5, 0.6) is 0 Å². The maximum absolute atomic E-state index is 7.72. The minimum atomic E-state index is 0.484. The molecular weight excluding hydrogens is 190 g/mol. The maximum atomic E-state index is 7.72. The molecule has 1 unspecified atom stereocenters. The average Bonchev–Trinajstić information content (AvgIpc) is 2.44. The molecule has 4 nitrogen and oxygen atoms in total. The normalized spacial score (nSPS) is 29.6. The molecule has 2 rings (SSSR count). The van der Waals surface area contributed by atoms with Crippen molar-refractivity contribution in [3.63, 3.8) is 0 Å². The van der Waals surface area contributed by atoms with Gasteiger partial charge in [-0.2, -0.15) is 0 Å². The topological polar surface area (TPSA) is 48.4 Å². The molecule has 0 radical (unpaired) electrons. The van der Waals surface area contributed by atoms with Gasteiger partial charge in [0.1, 0.15) is 0 Å². The molecule has 2 aliphatic rings. The molecule has 0 spiro atoms. The fourth-order valence-electron chi connectivity index (χ4n) is 2.32. The number of amidine groups is 1. The summed E-state index contributed by atoms with van der Waals surface area (Å²) >= 11 is 0. The molecule has 0 aromatic rings. The lowest BCUT2D eigenvalue weighted by molar-refractivity contribution is 0.0341. The molecule has 0 aromatic carbocycles. The minimum absolute atomic E-state index is 0.484. The van der Waals surface area contributed by atoms with Gasteiger partial charge in [-0.05, 0) is 12.8 Å². The molecule has 2 N–H and O–H groups in total. The van der Waals surface area contributed by atoms with Crippen LogP contribution in [0, 0.1) is 5.41 Å². The van der Waals surface area contributed by atoms with Gasteiger partial charge in [0.05, 0.1) is 19.0 Å². The van der Waals surface area contributed by atoms with Crippen LogP contribution < -0.4 is 5.32 Å². The first-order valence-corrected chi connectivity index (χ1v) is 5.98. The monoisotopic (exact) mass is 211 g/mol. The molecule has 2 fully saturated rings. The molecule has 0 saturated carbocycles. The number of ether oxygens (including phenoxy) is 1. The molecule has 1 atom stereocenters. The van der Waals surface area contributed by atoms with Crippen molar-refractivity contribution in [2.75, 3.05) is 32.8 Å². The highest BCUT2D eigenvalue weighted by Gasteiger charge is 2.18. The molecule has 2 saturated heterocycles. The Balaban J connectivity index is 1.78. The quantitative estimate of drug-likeness (QED) is 0.711. The van der Waals surface area contributed by atoms with Crippen LogP contribution in [0.2, 0.25) is 0 Å². The molecule has 15 heavy (non-hydrogen) atoms. The van der Waals surface area contributed by atoms with Gasteiger partial charge < -0.3 is 10.1 Å². The van der Waals surface area contributed by atoms with E-state index in [1.54, 1.807) is 0 Å². The Morgan fingerprint density at radius 3 is 2.93 bits per heavy atom. The molecule has 0 bridgehead atoms. The fourth-order valence-corrected chi connectivity index (χ4v) is 2.32. The Labute approximate surface area is 91.5 Å². The van der Waals surface area contributed by atoms with Crippen LogP contribution in [0.1, 0.15) is 25.7 Å². The van der Waals surface area contributed by atoms with E-state index in [2.05, 4.69) is 10.2 Å². The number of nitrogens with one attached hydrogen (secondary N) is 2. The van der Waals surface area contributed by atoms with Crippen LogP contribution >= 0.6 is 0 Å². The smallest absolute Gasteiger partial charge is 0.0934 e. The van der Waals surface area contributed by atoms with E-state index in [1.807, 2.05) is 0 Å². The standard InChI is InChI=1S/C11H21N3O/c12-11-4-2-1-3-10(13-11)9-14-5-7-15-8-6-14/h10H,1-9H2,(H2,12,13). The van der Waals surface area contributed by atoms with Crippen LogP contribution in [-0.2, 0) is 4.74 Å². The number of rotatable bonds is 2. The van der Waals surface area contributed by atoms with Gasteiger partial charge in [0.2, 0.25) is 0 Å². The lowest BCUT2D eigenvalue weighted by Crippen LogP contribution is -2.46. The van der Waals surface area contributed by atoms with Crippen molar-refractivity contribution in [1.82, 2.24) is 10.2 Å². The van der Waals surface area contributed by atoms with E-state index in [1.165, 1.54) is 19.3 Å². The third-order valence-corrected chi connectivity index (χ3v) is 3.19. The van der Waals surface area contributed by atoms with E-state index < -0.39 is 0 Å². The predicted octanol–water partition coefficient (Wildman–Crippen LogP) is 0.828. The average molecular weight is 211 g/mol. The zero-order valence-electron chi connectivity index (χ0n) is 9.30. The van der Waals surface area contributed by atoms with Crippen molar-refractivity contribution in [2.45, 2.75) is 31.7 Å². The molecule has 4 heteroatoms. The first-order valence-electron chi connectivity index (χ1n) is 5.98. The lowest BCUT2D eigenvalue weighted by atomic mass is 10.1. The first kappa shape index (κ1) is 10.9. The summed E-state index contributed by atoms with van der Waals surface area (Å²) in [4.78, 5) is 2.44. The minimum Gasteiger partial charge on any atom is -0.379 e. The van der Waals surface area contributed by atoms with Gasteiger partial charge in [-0.15, -0.1) is 0 Å². The maximum Gasteiger partial charge on any atom is 0.0934 e. The van der Waals surface area contributed by atoms with Crippen LogP contribution in [-0.4, -0.2) is 49.6 Å². The zero-order chi connectivity index (χ0) is 10.5. The van der Waals surface area contributed by atoms with Crippen molar-refractivity contribution >= 4 is 5.84 Å². The summed E-state index contributed by atoms with van der Waals surface area (Å²) in [5.74, 6) is 0.728. The number of hydrogen-bond donors (Lipinski definition) is 2. The van der Waals surface area contributed by atoms with E-state index in [9.17, 15) is 0 Å². The lowest BCUT2D eigenvalue weighted by Gasteiger charge is -2.30. The summed E-state index contributed by atoms with van der Waals surface area (Å²) in [6.07, 6.45) is 4.56.